The molecule has 2 aliphatic rings. The molecule has 0 amide bonds. The third kappa shape index (κ3) is 1.29. The van der Waals surface area contributed by atoms with Gasteiger partial charge < -0.3 is 4.74 Å². The Hall–Kier alpha value is -1.38. The normalized spacial score (nSPS) is 36.1. The molecule has 0 aromatic rings. The van der Waals surface area contributed by atoms with Gasteiger partial charge in [0.2, 0.25) is 0 Å². The molecule has 3 nitrogen and oxygen atoms in total. The third-order valence-electron chi connectivity index (χ3n) is 2.68. The summed E-state index contributed by atoms with van der Waals surface area (Å²) >= 11 is 0. The molecule has 0 aromatic heterocycles. The number of esters is 1. The molecule has 1 aliphatic carbocycles. The first kappa shape index (κ1) is 9.19. The maximum Gasteiger partial charge on any atom is 0.310 e. The van der Waals surface area contributed by atoms with Crippen LogP contribution in [0.5, 0.6) is 0 Å². The zero-order valence-electron chi connectivity index (χ0n) is 8.24. The lowest BCUT2D eigenvalue weighted by Gasteiger charge is -2.23. The van der Waals surface area contributed by atoms with E-state index in [2.05, 4.69) is 0 Å². The number of allylic oxidation sites excluding steroid dienone is 2. The summed E-state index contributed by atoms with van der Waals surface area (Å²) in [5.41, 5.74) is 0.00324. The van der Waals surface area contributed by atoms with Crippen molar-refractivity contribution in [1.82, 2.24) is 0 Å². The Bertz CT molecular complexity index is 365. The summed E-state index contributed by atoms with van der Waals surface area (Å²) in [6.07, 6.45) is 5.55. The van der Waals surface area contributed by atoms with Crippen LogP contribution < -0.4 is 0 Å². The average Bonchev–Trinajstić information content (AvgIpc) is 2.37. The van der Waals surface area contributed by atoms with Gasteiger partial charge in [-0.3, -0.25) is 9.59 Å². The number of ether oxygens (including phenoxy) is 1. The Morgan fingerprint density at radius 1 is 1.50 bits per heavy atom. The highest BCUT2D eigenvalue weighted by Gasteiger charge is 2.43. The van der Waals surface area contributed by atoms with Crippen molar-refractivity contribution < 1.29 is 14.3 Å². The molecule has 0 radical (unpaired) electrons. The van der Waals surface area contributed by atoms with E-state index in [1.54, 1.807) is 19.1 Å². The SMILES string of the molecule is CC1=C[C@@]2(C=CC1=O)C[C@@H](C)C(=O)O2. The van der Waals surface area contributed by atoms with Gasteiger partial charge in [-0.05, 0) is 30.7 Å². The maximum atomic E-state index is 11.3. The van der Waals surface area contributed by atoms with Crippen LogP contribution in [0.1, 0.15) is 20.3 Å². The van der Waals surface area contributed by atoms with Gasteiger partial charge in [0.05, 0.1) is 5.92 Å². The maximum absolute atomic E-state index is 11.3. The van der Waals surface area contributed by atoms with E-state index in [0.717, 1.165) is 0 Å². The van der Waals surface area contributed by atoms with Gasteiger partial charge in [0, 0.05) is 6.42 Å². The predicted octanol–water partition coefficient (Wildman–Crippen LogP) is 1.39. The van der Waals surface area contributed by atoms with E-state index in [0.29, 0.717) is 12.0 Å². The Morgan fingerprint density at radius 3 is 2.71 bits per heavy atom. The van der Waals surface area contributed by atoms with Crippen LogP contribution in [0, 0.1) is 5.92 Å². The summed E-state index contributed by atoms with van der Waals surface area (Å²) in [7, 11) is 0. The first-order chi connectivity index (χ1) is 6.52. The van der Waals surface area contributed by atoms with Gasteiger partial charge in [-0.15, -0.1) is 0 Å². The van der Waals surface area contributed by atoms with Crippen LogP contribution in [0.3, 0.4) is 0 Å². The van der Waals surface area contributed by atoms with Gasteiger partial charge in [0.15, 0.2) is 11.4 Å². The number of ketones is 1. The molecule has 1 saturated heterocycles. The molecule has 1 aliphatic heterocycles. The molecule has 0 saturated carbocycles. The van der Waals surface area contributed by atoms with Crippen molar-refractivity contribution >= 4 is 11.8 Å². The zero-order chi connectivity index (χ0) is 10.3. The number of hydrogen-bond donors (Lipinski definition) is 0. The standard InChI is InChI=1S/C11H12O3/c1-7-5-11(4-3-9(7)12)6-8(2)10(13)14-11/h3-5,8H,6H2,1-2H3/t8-,11+/m1/s1. The van der Waals surface area contributed by atoms with E-state index in [4.69, 9.17) is 4.74 Å². The molecule has 14 heavy (non-hydrogen) atoms. The number of rotatable bonds is 0. The van der Waals surface area contributed by atoms with Gasteiger partial charge in [0.1, 0.15) is 0 Å². The molecule has 2 atom stereocenters. The highest BCUT2D eigenvalue weighted by atomic mass is 16.6. The minimum atomic E-state index is -0.644. The molecule has 0 unspecified atom stereocenters. The summed E-state index contributed by atoms with van der Waals surface area (Å²) in [6, 6.07) is 0. The summed E-state index contributed by atoms with van der Waals surface area (Å²) in [6.45, 7) is 3.58. The van der Waals surface area contributed by atoms with Crippen LogP contribution in [0.4, 0.5) is 0 Å². The van der Waals surface area contributed by atoms with Crippen LogP contribution >= 0.6 is 0 Å². The quantitative estimate of drug-likeness (QED) is 0.545. The van der Waals surface area contributed by atoms with E-state index in [1.807, 2.05) is 6.92 Å². The van der Waals surface area contributed by atoms with Crippen molar-refractivity contribution in [3.63, 3.8) is 0 Å². The van der Waals surface area contributed by atoms with Crippen LogP contribution in [0.25, 0.3) is 0 Å². The molecule has 0 bridgehead atoms. The van der Waals surface area contributed by atoms with Gasteiger partial charge in [-0.1, -0.05) is 6.92 Å². The summed E-state index contributed by atoms with van der Waals surface area (Å²) in [4.78, 5) is 22.5. The highest BCUT2D eigenvalue weighted by molar-refractivity contribution is 6.05. The average molecular weight is 192 g/mol. The molecule has 1 heterocycles. The second-order valence-electron chi connectivity index (χ2n) is 4.01. The molecule has 1 fully saturated rings. The molecule has 3 heteroatoms. The van der Waals surface area contributed by atoms with Crippen molar-refractivity contribution in [3.05, 3.63) is 23.8 Å². The van der Waals surface area contributed by atoms with Crippen molar-refractivity contribution in [2.75, 3.05) is 0 Å². The molecule has 74 valence electrons. The molecule has 2 rings (SSSR count). The van der Waals surface area contributed by atoms with Gasteiger partial charge >= 0.3 is 5.97 Å². The van der Waals surface area contributed by atoms with Gasteiger partial charge in [0.25, 0.3) is 0 Å². The second kappa shape index (κ2) is 2.80. The lowest BCUT2D eigenvalue weighted by molar-refractivity contribution is -0.145. The Morgan fingerprint density at radius 2 is 2.21 bits per heavy atom. The predicted molar refractivity (Wildman–Crippen MR) is 50.5 cm³/mol. The van der Waals surface area contributed by atoms with Crippen molar-refractivity contribution in [2.45, 2.75) is 25.9 Å². The second-order valence-corrected chi connectivity index (χ2v) is 4.01. The van der Waals surface area contributed by atoms with E-state index < -0.39 is 5.60 Å². The molecule has 0 aromatic carbocycles. The zero-order valence-corrected chi connectivity index (χ0v) is 8.24. The molecule has 1 spiro atoms. The van der Waals surface area contributed by atoms with Crippen molar-refractivity contribution in [2.24, 2.45) is 5.92 Å². The summed E-state index contributed by atoms with van der Waals surface area (Å²) in [5, 5.41) is 0. The van der Waals surface area contributed by atoms with E-state index in [-0.39, 0.29) is 17.7 Å². The van der Waals surface area contributed by atoms with Crippen molar-refractivity contribution in [3.8, 4) is 0 Å². The van der Waals surface area contributed by atoms with E-state index in [9.17, 15) is 9.59 Å². The van der Waals surface area contributed by atoms with Gasteiger partial charge in [-0.2, -0.15) is 0 Å². The van der Waals surface area contributed by atoms with Crippen LogP contribution in [0.15, 0.2) is 23.8 Å². The Kier molecular flexibility index (Phi) is 1.84. The van der Waals surface area contributed by atoms with Crippen LogP contribution in [-0.2, 0) is 14.3 Å². The van der Waals surface area contributed by atoms with E-state index in [1.165, 1.54) is 6.08 Å². The summed E-state index contributed by atoms with van der Waals surface area (Å²) in [5.74, 6) is -0.281. The smallest absolute Gasteiger partial charge is 0.310 e. The molecule has 0 N–H and O–H groups in total. The fourth-order valence-electron chi connectivity index (χ4n) is 1.92. The molecular formula is C11H12O3. The Labute approximate surface area is 82.4 Å². The minimum Gasteiger partial charge on any atom is -0.450 e. The van der Waals surface area contributed by atoms with E-state index >= 15 is 0 Å². The Balaban J connectivity index is 2.32. The third-order valence-corrected chi connectivity index (χ3v) is 2.68. The van der Waals surface area contributed by atoms with Crippen molar-refractivity contribution in [1.29, 1.82) is 0 Å². The topological polar surface area (TPSA) is 43.4 Å². The van der Waals surface area contributed by atoms with Crippen LogP contribution in [0.2, 0.25) is 0 Å². The number of carbonyl (C=O) groups excluding carboxylic acids is 2. The highest BCUT2D eigenvalue weighted by Crippen LogP contribution is 2.36. The first-order valence-corrected chi connectivity index (χ1v) is 4.68. The first-order valence-electron chi connectivity index (χ1n) is 4.68. The summed E-state index contributed by atoms with van der Waals surface area (Å²) < 4.78 is 5.27. The van der Waals surface area contributed by atoms with Crippen LogP contribution in [-0.4, -0.2) is 17.4 Å². The number of carbonyl (C=O) groups is 2. The molecular weight excluding hydrogens is 180 g/mol. The fraction of sp³-hybridized carbons (Fsp3) is 0.455. The fourth-order valence-corrected chi connectivity index (χ4v) is 1.92. The lowest BCUT2D eigenvalue weighted by Crippen LogP contribution is -2.27. The number of hydrogen-bond acceptors (Lipinski definition) is 3. The van der Waals surface area contributed by atoms with Gasteiger partial charge in [-0.25, -0.2) is 0 Å². The monoisotopic (exact) mass is 192 g/mol. The lowest BCUT2D eigenvalue weighted by atomic mass is 9.88. The largest absolute Gasteiger partial charge is 0.450 e. The minimum absolute atomic E-state index is 0.00812.